The topological polar surface area (TPSA) is 59.3 Å². The number of Topliss-reactive ketones (excluding diaryl/α,β-unsaturated/α-hetero) is 1. The molecule has 0 saturated heterocycles. The maximum Gasteiger partial charge on any atom is 0.221 e. The van der Waals surface area contributed by atoms with E-state index in [0.717, 1.165) is 16.7 Å². The lowest BCUT2D eigenvalue weighted by molar-refractivity contribution is -0.121. The summed E-state index contributed by atoms with van der Waals surface area (Å²) in [6.07, 6.45) is 1.90. The van der Waals surface area contributed by atoms with Crippen molar-refractivity contribution < 1.29 is 14.0 Å². The highest BCUT2D eigenvalue weighted by molar-refractivity contribution is 5.99. The molecular weight excluding hydrogens is 338 g/mol. The summed E-state index contributed by atoms with van der Waals surface area (Å²) in [5.74, 6) is 0.468. The van der Waals surface area contributed by atoms with Crippen LogP contribution in [0.3, 0.4) is 0 Å². The molecule has 0 aliphatic rings. The van der Waals surface area contributed by atoms with Crippen LogP contribution in [0.15, 0.2) is 71.3 Å². The first-order chi connectivity index (χ1) is 13.0. The van der Waals surface area contributed by atoms with E-state index in [1.807, 2.05) is 68.4 Å². The maximum atomic E-state index is 12.5. The molecule has 0 aliphatic heterocycles. The lowest BCUT2D eigenvalue weighted by Crippen LogP contribution is -2.29. The smallest absolute Gasteiger partial charge is 0.221 e. The number of carbonyl (C=O) groups excluding carboxylic acids is 2. The molecule has 4 heteroatoms. The Bertz CT molecular complexity index is 914. The van der Waals surface area contributed by atoms with Gasteiger partial charge in [0.1, 0.15) is 11.8 Å². The SMILES string of the molecule is Cc1ccc(C)c(C(=O)CCC(=O)NC(c2ccccc2)c2ccco2)c1. The average molecular weight is 361 g/mol. The van der Waals surface area contributed by atoms with E-state index in [0.29, 0.717) is 11.3 Å². The minimum absolute atomic E-state index is 0.0133. The molecule has 0 saturated carbocycles. The van der Waals surface area contributed by atoms with Crippen molar-refractivity contribution in [3.05, 3.63) is 94.9 Å². The van der Waals surface area contributed by atoms with Crippen molar-refractivity contribution in [1.29, 1.82) is 0 Å². The molecule has 0 spiro atoms. The molecule has 2 aromatic carbocycles. The van der Waals surface area contributed by atoms with Gasteiger partial charge in [-0.25, -0.2) is 0 Å². The van der Waals surface area contributed by atoms with Crippen molar-refractivity contribution in [2.75, 3.05) is 0 Å². The van der Waals surface area contributed by atoms with E-state index >= 15 is 0 Å². The molecule has 4 nitrogen and oxygen atoms in total. The molecule has 0 radical (unpaired) electrons. The third-order valence-electron chi connectivity index (χ3n) is 4.54. The molecule has 0 fully saturated rings. The van der Waals surface area contributed by atoms with Gasteiger partial charge < -0.3 is 9.73 Å². The van der Waals surface area contributed by atoms with Gasteiger partial charge in [-0.1, -0.05) is 48.0 Å². The van der Waals surface area contributed by atoms with Gasteiger partial charge >= 0.3 is 0 Å². The van der Waals surface area contributed by atoms with Crippen LogP contribution in [0.2, 0.25) is 0 Å². The molecule has 1 heterocycles. The van der Waals surface area contributed by atoms with Crippen LogP contribution in [-0.2, 0) is 4.79 Å². The molecule has 138 valence electrons. The van der Waals surface area contributed by atoms with Crippen LogP contribution < -0.4 is 5.32 Å². The number of nitrogens with one attached hydrogen (secondary N) is 1. The van der Waals surface area contributed by atoms with Gasteiger partial charge in [0.2, 0.25) is 5.91 Å². The molecule has 3 aromatic rings. The zero-order valence-corrected chi connectivity index (χ0v) is 15.6. The summed E-state index contributed by atoms with van der Waals surface area (Å²) in [6.45, 7) is 3.87. The van der Waals surface area contributed by atoms with Crippen LogP contribution in [0.25, 0.3) is 0 Å². The van der Waals surface area contributed by atoms with Crippen LogP contribution in [-0.4, -0.2) is 11.7 Å². The fourth-order valence-corrected chi connectivity index (χ4v) is 3.05. The molecule has 0 aliphatic carbocycles. The number of aryl methyl sites for hydroxylation is 2. The minimum Gasteiger partial charge on any atom is -0.467 e. The van der Waals surface area contributed by atoms with Crippen molar-refractivity contribution in [2.24, 2.45) is 0 Å². The Morgan fingerprint density at radius 1 is 0.963 bits per heavy atom. The van der Waals surface area contributed by atoms with Crippen molar-refractivity contribution in [2.45, 2.75) is 32.7 Å². The highest BCUT2D eigenvalue weighted by Crippen LogP contribution is 2.22. The zero-order valence-electron chi connectivity index (χ0n) is 15.6. The lowest BCUT2D eigenvalue weighted by atomic mass is 9.99. The predicted molar refractivity (Wildman–Crippen MR) is 105 cm³/mol. The van der Waals surface area contributed by atoms with Gasteiger partial charge in [0.25, 0.3) is 0 Å². The summed E-state index contributed by atoms with van der Waals surface area (Å²) in [5, 5.41) is 2.98. The third kappa shape index (κ3) is 4.73. The molecule has 1 N–H and O–H groups in total. The maximum absolute atomic E-state index is 12.5. The molecule has 0 bridgehead atoms. The first-order valence-corrected chi connectivity index (χ1v) is 9.03. The van der Waals surface area contributed by atoms with Crippen molar-refractivity contribution in [1.82, 2.24) is 5.32 Å². The lowest BCUT2D eigenvalue weighted by Gasteiger charge is -2.17. The van der Waals surface area contributed by atoms with Gasteiger partial charge in [-0.2, -0.15) is 0 Å². The minimum atomic E-state index is -0.371. The van der Waals surface area contributed by atoms with Gasteiger partial charge in [0, 0.05) is 18.4 Å². The summed E-state index contributed by atoms with van der Waals surface area (Å²) in [4.78, 5) is 25.0. The van der Waals surface area contributed by atoms with Crippen LogP contribution in [0, 0.1) is 13.8 Å². The second-order valence-electron chi connectivity index (χ2n) is 6.67. The highest BCUT2D eigenvalue weighted by Gasteiger charge is 2.20. The van der Waals surface area contributed by atoms with Crippen molar-refractivity contribution in [3.63, 3.8) is 0 Å². The van der Waals surface area contributed by atoms with E-state index in [4.69, 9.17) is 4.42 Å². The van der Waals surface area contributed by atoms with Crippen LogP contribution in [0.4, 0.5) is 0 Å². The molecule has 3 rings (SSSR count). The van der Waals surface area contributed by atoms with E-state index in [-0.39, 0.29) is 30.6 Å². The van der Waals surface area contributed by atoms with Gasteiger partial charge in [0.05, 0.1) is 6.26 Å². The Morgan fingerprint density at radius 2 is 1.74 bits per heavy atom. The number of amides is 1. The first-order valence-electron chi connectivity index (χ1n) is 9.03. The quantitative estimate of drug-likeness (QED) is 0.617. The molecule has 1 atom stereocenters. The number of ketones is 1. The van der Waals surface area contributed by atoms with E-state index in [9.17, 15) is 9.59 Å². The number of carbonyl (C=O) groups is 2. The Labute approximate surface area is 159 Å². The second kappa shape index (κ2) is 8.49. The third-order valence-corrected chi connectivity index (χ3v) is 4.54. The fourth-order valence-electron chi connectivity index (χ4n) is 3.05. The first kappa shape index (κ1) is 18.6. The van der Waals surface area contributed by atoms with E-state index in [2.05, 4.69) is 5.32 Å². The van der Waals surface area contributed by atoms with Crippen LogP contribution in [0.5, 0.6) is 0 Å². The molecule has 27 heavy (non-hydrogen) atoms. The zero-order chi connectivity index (χ0) is 19.2. The van der Waals surface area contributed by atoms with E-state index < -0.39 is 0 Å². The average Bonchev–Trinajstić information content (AvgIpc) is 3.21. The van der Waals surface area contributed by atoms with Gasteiger partial charge in [-0.15, -0.1) is 0 Å². The normalized spacial score (nSPS) is 11.8. The summed E-state index contributed by atoms with van der Waals surface area (Å²) >= 11 is 0. The van der Waals surface area contributed by atoms with E-state index in [1.165, 1.54) is 0 Å². The van der Waals surface area contributed by atoms with Crippen LogP contribution >= 0.6 is 0 Å². The second-order valence-corrected chi connectivity index (χ2v) is 6.67. The molecule has 1 aromatic heterocycles. The number of furan rings is 1. The summed E-state index contributed by atoms with van der Waals surface area (Å²) in [5.41, 5.74) is 3.59. The Hall–Kier alpha value is -3.14. The predicted octanol–water partition coefficient (Wildman–Crippen LogP) is 4.77. The number of hydrogen-bond donors (Lipinski definition) is 1. The summed E-state index contributed by atoms with van der Waals surface area (Å²) in [7, 11) is 0. The van der Waals surface area contributed by atoms with Crippen molar-refractivity contribution >= 4 is 11.7 Å². The summed E-state index contributed by atoms with van der Waals surface area (Å²) < 4.78 is 5.49. The Morgan fingerprint density at radius 3 is 2.44 bits per heavy atom. The van der Waals surface area contributed by atoms with E-state index in [1.54, 1.807) is 12.3 Å². The largest absolute Gasteiger partial charge is 0.467 e. The molecule has 1 unspecified atom stereocenters. The molecule has 1 amide bonds. The number of hydrogen-bond acceptors (Lipinski definition) is 3. The van der Waals surface area contributed by atoms with Crippen molar-refractivity contribution in [3.8, 4) is 0 Å². The fraction of sp³-hybridized carbons (Fsp3) is 0.217. The van der Waals surface area contributed by atoms with Gasteiger partial charge in [-0.3, -0.25) is 9.59 Å². The highest BCUT2D eigenvalue weighted by atomic mass is 16.3. The Balaban J connectivity index is 1.66. The van der Waals surface area contributed by atoms with Gasteiger partial charge in [0.15, 0.2) is 5.78 Å². The number of benzene rings is 2. The molecular formula is C23H23NO3. The van der Waals surface area contributed by atoms with Gasteiger partial charge in [-0.05, 0) is 43.2 Å². The van der Waals surface area contributed by atoms with Crippen LogP contribution in [0.1, 0.15) is 51.7 Å². The standard InChI is InChI=1S/C23H23NO3/c1-16-10-11-17(2)19(15-16)20(25)12-13-22(26)24-23(21-9-6-14-27-21)18-7-4-3-5-8-18/h3-11,14-15,23H,12-13H2,1-2H3,(H,24,26). The Kier molecular flexibility index (Phi) is 5.87. The number of rotatable bonds is 7. The summed E-state index contributed by atoms with van der Waals surface area (Å²) in [6, 6.07) is 18.7. The monoisotopic (exact) mass is 361 g/mol.